The Morgan fingerprint density at radius 2 is 1.77 bits per heavy atom. The number of nitrogens with one attached hydrogen (secondary N) is 1. The SMILES string of the molecule is C=C(Nc1ccc(-c2nc(C(O)(O)O)n3c(Cl)cnc(N)c23)c(F)c1)C(O)c1cc(F)cc(F)c1. The first kappa shape index (κ1) is 24.4. The summed E-state index contributed by atoms with van der Waals surface area (Å²) >= 11 is 6.05. The largest absolute Gasteiger partial charge is 0.382 e. The number of rotatable bonds is 6. The van der Waals surface area contributed by atoms with Crippen molar-refractivity contribution in [3.8, 4) is 11.3 Å². The second-order valence-electron chi connectivity index (χ2n) is 7.52. The van der Waals surface area contributed by atoms with Gasteiger partial charge in [-0.3, -0.25) is 4.40 Å². The summed E-state index contributed by atoms with van der Waals surface area (Å²) in [5.41, 5.74) is 5.32. The Morgan fingerprint density at radius 3 is 2.37 bits per heavy atom. The van der Waals surface area contributed by atoms with Crippen molar-refractivity contribution >= 4 is 28.6 Å². The Labute approximate surface area is 200 Å². The quantitative estimate of drug-likeness (QED) is 0.218. The molecule has 0 saturated heterocycles. The first-order valence-corrected chi connectivity index (χ1v) is 10.1. The maximum absolute atomic E-state index is 15.1. The third-order valence-corrected chi connectivity index (χ3v) is 5.27. The number of halogens is 4. The van der Waals surface area contributed by atoms with Crippen molar-refractivity contribution < 1.29 is 33.6 Å². The smallest absolute Gasteiger partial charge is 0.339 e. The number of benzene rings is 2. The average Bonchev–Trinajstić information content (AvgIpc) is 3.17. The number of nitrogens with two attached hydrogens (primary N) is 1. The van der Waals surface area contributed by atoms with Gasteiger partial charge in [-0.2, -0.15) is 0 Å². The summed E-state index contributed by atoms with van der Waals surface area (Å²) in [5.74, 6) is -7.02. The van der Waals surface area contributed by atoms with Gasteiger partial charge in [-0.05, 0) is 35.9 Å². The number of aromatic nitrogens is 3. The van der Waals surface area contributed by atoms with Crippen LogP contribution >= 0.6 is 11.6 Å². The van der Waals surface area contributed by atoms with Crippen LogP contribution in [0.3, 0.4) is 0 Å². The number of nitrogens with zero attached hydrogens (tertiary/aromatic N) is 3. The molecule has 9 nitrogen and oxygen atoms in total. The van der Waals surface area contributed by atoms with Crippen molar-refractivity contribution in [3.05, 3.63) is 88.9 Å². The number of fused-ring (bicyclic) bond motifs is 1. The van der Waals surface area contributed by atoms with E-state index in [0.29, 0.717) is 6.07 Å². The molecule has 1 atom stereocenters. The minimum Gasteiger partial charge on any atom is -0.382 e. The molecule has 0 fully saturated rings. The number of hydrogen-bond donors (Lipinski definition) is 6. The normalized spacial score (nSPS) is 12.7. The van der Waals surface area contributed by atoms with E-state index in [9.17, 15) is 29.2 Å². The Hall–Kier alpha value is -3.68. The van der Waals surface area contributed by atoms with Crippen LogP contribution in [0.25, 0.3) is 16.8 Å². The van der Waals surface area contributed by atoms with E-state index in [0.717, 1.165) is 28.8 Å². The predicted octanol–water partition coefficient (Wildman–Crippen LogP) is 2.80. The third kappa shape index (κ3) is 4.65. The van der Waals surface area contributed by atoms with Crippen LogP contribution in [0, 0.1) is 17.5 Å². The first-order valence-electron chi connectivity index (χ1n) is 9.76. The molecule has 0 spiro atoms. The lowest BCUT2D eigenvalue weighted by Gasteiger charge is -2.17. The van der Waals surface area contributed by atoms with Gasteiger partial charge in [-0.25, -0.2) is 23.1 Å². The van der Waals surface area contributed by atoms with Gasteiger partial charge in [0.1, 0.15) is 45.7 Å². The highest BCUT2D eigenvalue weighted by molar-refractivity contribution is 6.29. The number of aliphatic hydroxyl groups is 4. The van der Waals surface area contributed by atoms with Gasteiger partial charge in [0.25, 0.3) is 0 Å². The molecule has 2 aromatic carbocycles. The summed E-state index contributed by atoms with van der Waals surface area (Å²) in [6.07, 6.45) is -0.433. The van der Waals surface area contributed by atoms with Gasteiger partial charge in [0.2, 0.25) is 5.82 Å². The fourth-order valence-electron chi connectivity index (χ4n) is 3.49. The zero-order chi connectivity index (χ0) is 25.7. The Morgan fingerprint density at radius 1 is 1.11 bits per heavy atom. The van der Waals surface area contributed by atoms with E-state index in [-0.39, 0.29) is 44.7 Å². The first-order chi connectivity index (χ1) is 16.4. The zero-order valence-corrected chi connectivity index (χ0v) is 18.3. The van der Waals surface area contributed by atoms with E-state index >= 15 is 4.39 Å². The molecule has 1 unspecified atom stereocenters. The summed E-state index contributed by atoms with van der Waals surface area (Å²) < 4.78 is 42.9. The minimum absolute atomic E-state index is 0.0947. The number of imidazole rings is 1. The number of nitrogen functional groups attached to an aromatic ring is 1. The lowest BCUT2D eigenvalue weighted by Crippen LogP contribution is -2.27. The highest BCUT2D eigenvalue weighted by Gasteiger charge is 2.33. The Kier molecular flexibility index (Phi) is 6.17. The Bertz CT molecular complexity index is 1450. The van der Waals surface area contributed by atoms with E-state index in [2.05, 4.69) is 21.9 Å². The van der Waals surface area contributed by atoms with Gasteiger partial charge in [-0.15, -0.1) is 0 Å². The minimum atomic E-state index is -3.43. The molecule has 0 aliphatic carbocycles. The third-order valence-electron chi connectivity index (χ3n) is 5.00. The van der Waals surface area contributed by atoms with Crippen LogP contribution in [0.1, 0.15) is 17.5 Å². The fourth-order valence-corrected chi connectivity index (χ4v) is 3.71. The lowest BCUT2D eigenvalue weighted by molar-refractivity contribution is -0.329. The summed E-state index contributed by atoms with van der Waals surface area (Å²) in [7, 11) is 0. The van der Waals surface area contributed by atoms with Gasteiger partial charge >= 0.3 is 5.97 Å². The van der Waals surface area contributed by atoms with Crippen LogP contribution in [0.15, 0.2) is 54.9 Å². The molecule has 2 aromatic heterocycles. The monoisotopic (exact) mass is 507 g/mol. The lowest BCUT2D eigenvalue weighted by atomic mass is 10.1. The molecule has 0 radical (unpaired) electrons. The zero-order valence-electron chi connectivity index (χ0n) is 17.5. The van der Waals surface area contributed by atoms with Gasteiger partial charge in [0.05, 0.1) is 6.20 Å². The fraction of sp³-hybridized carbons (Fsp3) is 0.0909. The van der Waals surface area contributed by atoms with Crippen molar-refractivity contribution in [2.45, 2.75) is 12.1 Å². The summed E-state index contributed by atoms with van der Waals surface area (Å²) in [6, 6.07) is 6.13. The highest BCUT2D eigenvalue weighted by Crippen LogP contribution is 2.35. The molecule has 0 saturated carbocycles. The van der Waals surface area contributed by atoms with Crippen LogP contribution < -0.4 is 11.1 Å². The maximum Gasteiger partial charge on any atom is 0.339 e. The molecule has 13 heteroatoms. The van der Waals surface area contributed by atoms with E-state index in [4.69, 9.17) is 17.3 Å². The van der Waals surface area contributed by atoms with Crippen LogP contribution in [0.4, 0.5) is 24.7 Å². The summed E-state index contributed by atoms with van der Waals surface area (Å²) in [5, 5.41) is 41.8. The second-order valence-corrected chi connectivity index (χ2v) is 7.91. The molecular formula is C22H17ClF3N5O4. The van der Waals surface area contributed by atoms with Crippen LogP contribution in [-0.2, 0) is 5.97 Å². The number of hydrogen-bond acceptors (Lipinski definition) is 8. The van der Waals surface area contributed by atoms with Crippen molar-refractivity contribution in [2.75, 3.05) is 11.1 Å². The van der Waals surface area contributed by atoms with E-state index in [1.165, 1.54) is 12.1 Å². The Balaban J connectivity index is 1.70. The molecule has 0 aliphatic rings. The molecular weight excluding hydrogens is 491 g/mol. The standard InChI is InChI=1S/C22H17ClF3N5O4/c1-9(19(32)10-4-11(24)6-12(25)5-10)29-13-2-3-14(15(26)7-13)17-18-20(27)28-8-16(23)31(18)21(30-17)22(33,34)35/h2-8,19,29,32-35H,1H2,(H2,27,28). The highest BCUT2D eigenvalue weighted by atomic mass is 35.5. The molecule has 0 bridgehead atoms. The van der Waals surface area contributed by atoms with Crippen LogP contribution in [0.5, 0.6) is 0 Å². The van der Waals surface area contributed by atoms with E-state index < -0.39 is 35.4 Å². The summed E-state index contributed by atoms with van der Waals surface area (Å²) in [6.45, 7) is 3.62. The van der Waals surface area contributed by atoms with Crippen molar-refractivity contribution in [1.82, 2.24) is 14.4 Å². The number of anilines is 2. The molecule has 0 amide bonds. The van der Waals surface area contributed by atoms with Gasteiger partial charge in [-0.1, -0.05) is 18.2 Å². The molecule has 4 rings (SSSR count). The average molecular weight is 508 g/mol. The maximum atomic E-state index is 15.1. The van der Waals surface area contributed by atoms with Gasteiger partial charge in [0, 0.05) is 23.0 Å². The topological polar surface area (TPSA) is 149 Å². The van der Waals surface area contributed by atoms with Crippen molar-refractivity contribution in [2.24, 2.45) is 0 Å². The van der Waals surface area contributed by atoms with Gasteiger partial charge in [0.15, 0.2) is 0 Å². The molecule has 7 N–H and O–H groups in total. The van der Waals surface area contributed by atoms with Gasteiger partial charge < -0.3 is 31.5 Å². The van der Waals surface area contributed by atoms with E-state index in [1.54, 1.807) is 0 Å². The molecule has 4 aromatic rings. The van der Waals surface area contributed by atoms with Crippen molar-refractivity contribution in [3.63, 3.8) is 0 Å². The number of aliphatic hydroxyl groups excluding tert-OH is 1. The second kappa shape index (κ2) is 8.83. The van der Waals surface area contributed by atoms with Crippen LogP contribution in [0.2, 0.25) is 5.15 Å². The molecule has 2 heterocycles. The van der Waals surface area contributed by atoms with E-state index in [1.807, 2.05) is 0 Å². The summed E-state index contributed by atoms with van der Waals surface area (Å²) in [4.78, 5) is 7.76. The molecule has 35 heavy (non-hydrogen) atoms. The predicted molar refractivity (Wildman–Crippen MR) is 120 cm³/mol. The van der Waals surface area contributed by atoms with Crippen molar-refractivity contribution in [1.29, 1.82) is 0 Å². The van der Waals surface area contributed by atoms with Crippen LogP contribution in [-0.4, -0.2) is 34.8 Å². The molecule has 182 valence electrons. The molecule has 0 aliphatic heterocycles.